The number of benzene rings is 1. The lowest BCUT2D eigenvalue weighted by Gasteiger charge is -2.25. The summed E-state index contributed by atoms with van der Waals surface area (Å²) in [5.41, 5.74) is 0.657. The van der Waals surface area contributed by atoms with Crippen molar-refractivity contribution >= 4 is 21.8 Å². The summed E-state index contributed by atoms with van der Waals surface area (Å²) in [4.78, 5) is 14.6. The molecule has 1 amide bonds. The highest BCUT2D eigenvalue weighted by Gasteiger charge is 2.22. The minimum atomic E-state index is 0.0481. The van der Waals surface area contributed by atoms with Crippen LogP contribution in [0.1, 0.15) is 30.1 Å². The van der Waals surface area contributed by atoms with Gasteiger partial charge < -0.3 is 15.0 Å². The summed E-state index contributed by atoms with van der Waals surface area (Å²) < 4.78 is 6.01. The zero-order chi connectivity index (χ0) is 14.5. The average molecular weight is 341 g/mol. The number of amides is 1. The van der Waals surface area contributed by atoms with Gasteiger partial charge in [0.2, 0.25) is 0 Å². The lowest BCUT2D eigenvalue weighted by Crippen LogP contribution is -2.41. The molecule has 5 heteroatoms. The van der Waals surface area contributed by atoms with E-state index in [2.05, 4.69) is 21.2 Å². The molecule has 1 atom stereocenters. The topological polar surface area (TPSA) is 41.6 Å². The molecule has 2 rings (SSSR count). The summed E-state index contributed by atoms with van der Waals surface area (Å²) in [5, 5.41) is 3.43. The normalized spacial score (nSPS) is 18.1. The Bertz CT molecular complexity index is 473. The van der Waals surface area contributed by atoms with Crippen LogP contribution >= 0.6 is 15.9 Å². The van der Waals surface area contributed by atoms with Crippen LogP contribution in [-0.2, 0) is 0 Å². The largest absolute Gasteiger partial charge is 0.497 e. The molecule has 1 aliphatic rings. The number of hydrogen-bond donors (Lipinski definition) is 1. The fraction of sp³-hybridized carbons (Fsp3) is 0.533. The predicted molar refractivity (Wildman–Crippen MR) is 83.3 cm³/mol. The van der Waals surface area contributed by atoms with E-state index in [1.165, 1.54) is 6.42 Å². The molecular formula is C15H21BrN2O2. The Morgan fingerprint density at radius 3 is 2.95 bits per heavy atom. The number of hydrogen-bond acceptors (Lipinski definition) is 3. The van der Waals surface area contributed by atoms with Crippen molar-refractivity contribution in [2.45, 2.75) is 25.8 Å². The molecule has 1 fully saturated rings. The van der Waals surface area contributed by atoms with Gasteiger partial charge in [-0.25, -0.2) is 0 Å². The zero-order valence-electron chi connectivity index (χ0n) is 12.0. The summed E-state index contributed by atoms with van der Waals surface area (Å²) in [7, 11) is 1.61. The molecule has 4 nitrogen and oxygen atoms in total. The van der Waals surface area contributed by atoms with Crippen molar-refractivity contribution in [2.75, 3.05) is 26.7 Å². The fourth-order valence-corrected chi connectivity index (χ4v) is 2.92. The minimum absolute atomic E-state index is 0.0481. The zero-order valence-corrected chi connectivity index (χ0v) is 13.6. The van der Waals surface area contributed by atoms with Gasteiger partial charge in [0, 0.05) is 23.6 Å². The van der Waals surface area contributed by atoms with Crippen LogP contribution in [0.2, 0.25) is 0 Å². The molecule has 1 aromatic rings. The molecule has 0 bridgehead atoms. The molecule has 1 N–H and O–H groups in total. The third-order valence-electron chi connectivity index (χ3n) is 3.68. The van der Waals surface area contributed by atoms with Gasteiger partial charge >= 0.3 is 0 Å². The lowest BCUT2D eigenvalue weighted by atomic mass is 10.1. The van der Waals surface area contributed by atoms with Gasteiger partial charge in [-0.1, -0.05) is 0 Å². The molecule has 0 spiro atoms. The Morgan fingerprint density at radius 2 is 2.35 bits per heavy atom. The van der Waals surface area contributed by atoms with Crippen LogP contribution in [0.15, 0.2) is 22.7 Å². The van der Waals surface area contributed by atoms with Crippen molar-refractivity contribution in [3.8, 4) is 5.75 Å². The summed E-state index contributed by atoms with van der Waals surface area (Å²) in [6.07, 6.45) is 2.34. The minimum Gasteiger partial charge on any atom is -0.497 e. The Labute approximate surface area is 128 Å². The molecule has 0 radical (unpaired) electrons. The first-order chi connectivity index (χ1) is 9.65. The summed E-state index contributed by atoms with van der Waals surface area (Å²) >= 11 is 3.45. The SMILES string of the molecule is CCN(CC1CCCN1)C(=O)c1cc(OC)ccc1Br. The highest BCUT2D eigenvalue weighted by molar-refractivity contribution is 9.10. The van der Waals surface area contributed by atoms with Gasteiger partial charge in [-0.15, -0.1) is 0 Å². The molecule has 110 valence electrons. The lowest BCUT2D eigenvalue weighted by molar-refractivity contribution is 0.0750. The van der Waals surface area contributed by atoms with E-state index in [-0.39, 0.29) is 5.91 Å². The van der Waals surface area contributed by atoms with Crippen LogP contribution in [0.3, 0.4) is 0 Å². The Morgan fingerprint density at radius 1 is 1.55 bits per heavy atom. The Hall–Kier alpha value is -1.07. The molecule has 1 aromatic carbocycles. The van der Waals surface area contributed by atoms with Gasteiger partial charge in [-0.3, -0.25) is 4.79 Å². The second kappa shape index (κ2) is 7.09. The highest BCUT2D eigenvalue weighted by atomic mass is 79.9. The first-order valence-corrected chi connectivity index (χ1v) is 7.81. The Balaban J connectivity index is 2.14. The summed E-state index contributed by atoms with van der Waals surface area (Å²) in [6.45, 7) is 4.54. The number of likely N-dealkylation sites (N-methyl/N-ethyl adjacent to an activating group) is 1. The van der Waals surface area contributed by atoms with Gasteiger partial charge in [0.15, 0.2) is 0 Å². The highest BCUT2D eigenvalue weighted by Crippen LogP contribution is 2.24. The molecule has 1 saturated heterocycles. The number of ether oxygens (including phenoxy) is 1. The Kier molecular flexibility index (Phi) is 5.43. The van der Waals surface area contributed by atoms with E-state index in [0.717, 1.165) is 24.0 Å². The molecule has 1 aliphatic heterocycles. The third kappa shape index (κ3) is 3.52. The molecule has 1 heterocycles. The van der Waals surface area contributed by atoms with Crippen molar-refractivity contribution in [2.24, 2.45) is 0 Å². The molecule has 20 heavy (non-hydrogen) atoms. The number of nitrogens with zero attached hydrogens (tertiary/aromatic N) is 1. The first-order valence-electron chi connectivity index (χ1n) is 7.02. The molecule has 0 saturated carbocycles. The van der Waals surface area contributed by atoms with Crippen molar-refractivity contribution in [1.29, 1.82) is 0 Å². The van der Waals surface area contributed by atoms with Crippen LogP contribution in [0.25, 0.3) is 0 Å². The third-order valence-corrected chi connectivity index (χ3v) is 4.37. The van der Waals surface area contributed by atoms with Gasteiger partial charge in [0.25, 0.3) is 5.91 Å². The van der Waals surface area contributed by atoms with Crippen LogP contribution < -0.4 is 10.1 Å². The molecule has 1 unspecified atom stereocenters. The van der Waals surface area contributed by atoms with E-state index in [4.69, 9.17) is 4.74 Å². The van der Waals surface area contributed by atoms with Crippen molar-refractivity contribution in [3.63, 3.8) is 0 Å². The van der Waals surface area contributed by atoms with Crippen LogP contribution in [-0.4, -0.2) is 43.6 Å². The van der Waals surface area contributed by atoms with Crippen molar-refractivity contribution < 1.29 is 9.53 Å². The summed E-state index contributed by atoms with van der Waals surface area (Å²) in [5.74, 6) is 0.749. The second-order valence-corrected chi connectivity index (χ2v) is 5.84. The standard InChI is InChI=1S/C15H21BrN2O2/c1-3-18(10-11-5-4-8-17-11)15(19)13-9-12(20-2)6-7-14(13)16/h6-7,9,11,17H,3-5,8,10H2,1-2H3. The quantitative estimate of drug-likeness (QED) is 0.895. The molecule has 0 aromatic heterocycles. The number of rotatable bonds is 5. The van der Waals surface area contributed by atoms with Gasteiger partial charge in [0.05, 0.1) is 12.7 Å². The number of carbonyl (C=O) groups is 1. The number of carbonyl (C=O) groups excluding carboxylic acids is 1. The van der Waals surface area contributed by atoms with Gasteiger partial charge in [0.1, 0.15) is 5.75 Å². The number of methoxy groups -OCH3 is 1. The number of nitrogens with one attached hydrogen (secondary N) is 1. The van der Waals surface area contributed by atoms with Crippen LogP contribution in [0, 0.1) is 0 Å². The fourth-order valence-electron chi connectivity index (χ4n) is 2.50. The molecule has 0 aliphatic carbocycles. The maximum absolute atomic E-state index is 12.7. The van der Waals surface area contributed by atoms with E-state index in [9.17, 15) is 4.79 Å². The van der Waals surface area contributed by atoms with Crippen molar-refractivity contribution in [1.82, 2.24) is 10.2 Å². The average Bonchev–Trinajstić information content (AvgIpc) is 2.97. The maximum Gasteiger partial charge on any atom is 0.255 e. The van der Waals surface area contributed by atoms with Gasteiger partial charge in [-0.05, 0) is 60.4 Å². The van der Waals surface area contributed by atoms with Crippen LogP contribution in [0.4, 0.5) is 0 Å². The van der Waals surface area contributed by atoms with E-state index < -0.39 is 0 Å². The smallest absolute Gasteiger partial charge is 0.255 e. The maximum atomic E-state index is 12.7. The van der Waals surface area contributed by atoms with Gasteiger partial charge in [-0.2, -0.15) is 0 Å². The number of halogens is 1. The van der Waals surface area contributed by atoms with Crippen molar-refractivity contribution in [3.05, 3.63) is 28.2 Å². The van der Waals surface area contributed by atoms with Crippen LogP contribution in [0.5, 0.6) is 5.75 Å². The predicted octanol–water partition coefficient (Wildman–Crippen LogP) is 2.67. The first kappa shape index (κ1) is 15.3. The second-order valence-electron chi connectivity index (χ2n) is 4.98. The van der Waals surface area contributed by atoms with E-state index >= 15 is 0 Å². The summed E-state index contributed by atoms with van der Waals surface area (Å²) in [6, 6.07) is 5.91. The van der Waals surface area contributed by atoms with E-state index in [1.807, 2.05) is 24.0 Å². The molecular weight excluding hydrogens is 320 g/mol. The van der Waals surface area contributed by atoms with E-state index in [0.29, 0.717) is 23.9 Å². The van der Waals surface area contributed by atoms with E-state index in [1.54, 1.807) is 13.2 Å². The monoisotopic (exact) mass is 340 g/mol.